The molecule has 2 rings (SSSR count). The Labute approximate surface area is 124 Å². The molecule has 7 heteroatoms. The summed E-state index contributed by atoms with van der Waals surface area (Å²) < 4.78 is 75.8. The zero-order valence-corrected chi connectivity index (χ0v) is 11.6. The molecule has 0 bridgehead atoms. The first-order valence-electron chi connectivity index (χ1n) is 5.85. The van der Waals surface area contributed by atoms with Crippen LogP contribution in [0.2, 0.25) is 0 Å². The van der Waals surface area contributed by atoms with E-state index in [0.717, 1.165) is 24.3 Å². The second kappa shape index (κ2) is 5.74. The molecule has 0 saturated heterocycles. The maximum Gasteiger partial charge on any atom is -1.00 e. The summed E-state index contributed by atoms with van der Waals surface area (Å²) in [7, 11) is 0. The molecule has 0 amide bonds. The van der Waals surface area contributed by atoms with Crippen LogP contribution in [-0.4, -0.2) is 15.2 Å². The molecule has 0 nitrogen and oxygen atoms in total. The van der Waals surface area contributed by atoms with Crippen LogP contribution in [0.1, 0.15) is 12.6 Å². The van der Waals surface area contributed by atoms with Crippen molar-refractivity contribution in [1.82, 2.24) is 0 Å². The topological polar surface area (TPSA) is 0 Å². The van der Waals surface area contributed by atoms with E-state index in [9.17, 15) is 26.3 Å². The molecule has 0 atom stereocenters. The van der Waals surface area contributed by atoms with E-state index < -0.39 is 38.7 Å². The molecule has 0 aromatic heterocycles. The minimum Gasteiger partial charge on any atom is -1.00 e. The van der Waals surface area contributed by atoms with Gasteiger partial charge < -0.3 is 1.43 Å². The van der Waals surface area contributed by atoms with E-state index >= 15 is 0 Å². The summed E-state index contributed by atoms with van der Waals surface area (Å²) >= 11 is -0.543. The fraction of sp³-hybridized carbons (Fsp3) is 0.143. The van der Waals surface area contributed by atoms with Gasteiger partial charge in [0.05, 0.1) is 0 Å². The molecule has 0 saturated carbocycles. The molecule has 21 heavy (non-hydrogen) atoms. The van der Waals surface area contributed by atoms with E-state index in [-0.39, 0.29) is 1.43 Å². The van der Waals surface area contributed by atoms with Gasteiger partial charge in [-0.3, -0.25) is 0 Å². The van der Waals surface area contributed by atoms with Crippen LogP contribution in [0.3, 0.4) is 0 Å². The van der Waals surface area contributed by atoms with Crippen LogP contribution in [0.4, 0.5) is 26.3 Å². The second-order valence-corrected chi connectivity index (χ2v) is 6.01. The Morgan fingerprint density at radius 1 is 0.571 bits per heavy atom. The van der Waals surface area contributed by atoms with Crippen molar-refractivity contribution in [2.24, 2.45) is 0 Å². The van der Waals surface area contributed by atoms with Gasteiger partial charge in [-0.05, 0) is 0 Å². The zero-order chi connectivity index (χ0) is 15.7. The second-order valence-electron chi connectivity index (χ2n) is 4.38. The third kappa shape index (κ3) is 4.26. The van der Waals surface area contributed by atoms with Crippen molar-refractivity contribution in [2.45, 2.75) is 12.4 Å². The van der Waals surface area contributed by atoms with Crippen LogP contribution in [0.5, 0.6) is 0 Å². The quantitative estimate of drug-likeness (QED) is 0.587. The molecule has 0 radical (unpaired) electrons. The smallest absolute Gasteiger partial charge is 1.00 e. The average Bonchev–Trinajstić information content (AvgIpc) is 2.38. The summed E-state index contributed by atoms with van der Waals surface area (Å²) in [5.41, 5.74) is -1.48. The molecule has 0 aliphatic carbocycles. The van der Waals surface area contributed by atoms with Crippen molar-refractivity contribution in [3.63, 3.8) is 0 Å². The van der Waals surface area contributed by atoms with Crippen LogP contribution in [0, 0.1) is 0 Å². The van der Waals surface area contributed by atoms with Gasteiger partial charge in [-0.2, -0.15) is 0 Å². The molecular formula is C14H9AlF6. The monoisotopic (exact) mass is 318 g/mol. The number of hydrogen-bond donors (Lipinski definition) is 0. The maximum absolute atomic E-state index is 12.4. The molecule has 2 aromatic rings. The SMILES string of the molecule is FC(F)(F)c1cc[c]([Al+][c]2ccc(C(F)(F)F)cc2)cc1.[H-]. The molecule has 0 fully saturated rings. The summed E-state index contributed by atoms with van der Waals surface area (Å²) in [4.78, 5) is 0. The molecule has 0 N–H and O–H groups in total. The average molecular weight is 318 g/mol. The van der Waals surface area contributed by atoms with Crippen LogP contribution >= 0.6 is 0 Å². The van der Waals surface area contributed by atoms with E-state index in [1.54, 1.807) is 0 Å². The van der Waals surface area contributed by atoms with Gasteiger partial charge in [-0.1, -0.05) is 0 Å². The fourth-order valence-corrected chi connectivity index (χ4v) is 2.88. The van der Waals surface area contributed by atoms with Crippen molar-refractivity contribution in [1.29, 1.82) is 0 Å². The molecule has 110 valence electrons. The van der Waals surface area contributed by atoms with E-state index in [4.69, 9.17) is 0 Å². The minimum absolute atomic E-state index is 0. The van der Waals surface area contributed by atoms with Gasteiger partial charge in [0.1, 0.15) is 0 Å². The molecular weight excluding hydrogens is 309 g/mol. The summed E-state index contributed by atoms with van der Waals surface area (Å²) in [6.07, 6.45) is -8.77. The van der Waals surface area contributed by atoms with Gasteiger partial charge in [0.15, 0.2) is 0 Å². The van der Waals surface area contributed by atoms with Gasteiger partial charge in [0, 0.05) is 0 Å². The summed E-state index contributed by atoms with van der Waals surface area (Å²) in [6.45, 7) is 0. The van der Waals surface area contributed by atoms with E-state index in [1.807, 2.05) is 0 Å². The van der Waals surface area contributed by atoms with Crippen molar-refractivity contribution < 1.29 is 27.8 Å². The zero-order valence-electron chi connectivity index (χ0n) is 11.5. The van der Waals surface area contributed by atoms with Crippen molar-refractivity contribution >= 4 is 24.1 Å². The maximum atomic E-state index is 12.4. The molecule has 0 heterocycles. The third-order valence-corrected chi connectivity index (χ3v) is 4.25. The number of benzene rings is 2. The summed E-state index contributed by atoms with van der Waals surface area (Å²) in [6, 6.07) is 9.34. The van der Waals surface area contributed by atoms with Gasteiger partial charge >= 0.3 is 122 Å². The standard InChI is InChI=1S/2C7H4F3.Al.H/c2*8-7(9,10)6-4-2-1-3-5-6;;/h2*2-5H;;/q;;+1;-1. The largest absolute Gasteiger partial charge is 1.00 e. The first-order chi connectivity index (χ1) is 9.66. The summed E-state index contributed by atoms with van der Waals surface area (Å²) in [5, 5.41) is 0. The molecule has 0 unspecified atom stereocenters. The number of hydrogen-bond acceptors (Lipinski definition) is 0. The van der Waals surface area contributed by atoms with E-state index in [2.05, 4.69) is 0 Å². The van der Waals surface area contributed by atoms with Crippen LogP contribution < -0.4 is 8.85 Å². The first-order valence-corrected chi connectivity index (χ1v) is 7.01. The van der Waals surface area contributed by atoms with Crippen molar-refractivity contribution in [3.05, 3.63) is 59.7 Å². The normalized spacial score (nSPS) is 12.1. The molecule has 0 spiro atoms. The van der Waals surface area contributed by atoms with Crippen molar-refractivity contribution in [2.75, 3.05) is 0 Å². The number of halogens is 6. The van der Waals surface area contributed by atoms with Crippen LogP contribution in [-0.2, 0) is 12.4 Å². The van der Waals surface area contributed by atoms with Crippen molar-refractivity contribution in [3.8, 4) is 0 Å². The summed E-state index contributed by atoms with van der Waals surface area (Å²) in [5.74, 6) is 0. The molecule has 2 aromatic carbocycles. The molecule has 0 aliphatic heterocycles. The minimum atomic E-state index is -4.39. The van der Waals surface area contributed by atoms with Gasteiger partial charge in [0.25, 0.3) is 0 Å². The Bertz CT molecular complexity index is 546. The van der Waals surface area contributed by atoms with Gasteiger partial charge in [-0.25, -0.2) is 0 Å². The first kappa shape index (κ1) is 15.9. The fourth-order valence-electron chi connectivity index (χ4n) is 1.73. The van der Waals surface area contributed by atoms with Gasteiger partial charge in [0.2, 0.25) is 0 Å². The predicted molar refractivity (Wildman–Crippen MR) is 69.0 cm³/mol. The predicted octanol–water partition coefficient (Wildman–Crippen LogP) is 3.49. The molecule has 0 aliphatic rings. The number of alkyl halides is 6. The van der Waals surface area contributed by atoms with E-state index in [0.29, 0.717) is 8.85 Å². The number of rotatable bonds is 2. The van der Waals surface area contributed by atoms with Gasteiger partial charge in [-0.15, -0.1) is 0 Å². The Morgan fingerprint density at radius 2 is 0.857 bits per heavy atom. The van der Waals surface area contributed by atoms with Crippen LogP contribution in [0.25, 0.3) is 0 Å². The van der Waals surface area contributed by atoms with E-state index in [1.165, 1.54) is 24.3 Å². The third-order valence-electron chi connectivity index (χ3n) is 2.81. The Balaban J connectivity index is 0.00000242. The Hall–Kier alpha value is -1.45. The Kier molecular flexibility index (Phi) is 4.36. The van der Waals surface area contributed by atoms with Crippen LogP contribution in [0.15, 0.2) is 48.5 Å². The Morgan fingerprint density at radius 3 is 1.10 bits per heavy atom.